The summed E-state index contributed by atoms with van der Waals surface area (Å²) in [5, 5.41) is 11.1. The normalized spacial score (nSPS) is 13.7. The van der Waals surface area contributed by atoms with Crippen molar-refractivity contribution in [2.24, 2.45) is 7.05 Å². The fraction of sp³-hybridized carbons (Fsp3) is 0.300. The molecule has 1 aliphatic rings. The summed E-state index contributed by atoms with van der Waals surface area (Å²) >= 11 is 6.45. The largest absolute Gasteiger partial charge is 0.494 e. The second kappa shape index (κ2) is 13.6. The monoisotopic (exact) mass is 635 g/mol. The zero-order valence-corrected chi connectivity index (χ0v) is 26.8. The number of ether oxygens (including phenoxy) is 2. The maximum Gasteiger partial charge on any atom is 0.229 e. The lowest BCUT2D eigenvalue weighted by molar-refractivity contribution is 0.122. The van der Waals surface area contributed by atoms with Crippen molar-refractivity contribution in [1.29, 1.82) is 0 Å². The molecule has 1 aromatic carbocycles. The molecule has 12 nitrogen and oxygen atoms in total. The van der Waals surface area contributed by atoms with Gasteiger partial charge in [0.05, 0.1) is 56.9 Å². The van der Waals surface area contributed by atoms with Crippen molar-refractivity contribution in [2.75, 3.05) is 62.3 Å². The zero-order chi connectivity index (χ0) is 31.3. The molecule has 0 radical (unpaired) electrons. The Labute approximate surface area is 261 Å². The van der Waals surface area contributed by atoms with Gasteiger partial charge in [0.15, 0.2) is 5.82 Å². The average Bonchev–Trinajstić information content (AvgIpc) is 3.44. The van der Waals surface area contributed by atoms with E-state index >= 15 is 0 Å². The first-order valence-electron chi connectivity index (χ1n) is 13.9. The Morgan fingerprint density at radius 3 is 2.66 bits per heavy atom. The molecule has 0 amide bonds. The van der Waals surface area contributed by atoms with E-state index in [0.29, 0.717) is 64.7 Å². The molecule has 44 heavy (non-hydrogen) atoms. The molecule has 1 saturated heterocycles. The number of nitrogens with one attached hydrogen (secondary N) is 2. The second-order valence-electron chi connectivity index (χ2n) is 10.7. The minimum atomic E-state index is -2.33. The van der Waals surface area contributed by atoms with Crippen molar-refractivity contribution in [3.05, 3.63) is 77.9 Å². The van der Waals surface area contributed by atoms with E-state index in [0.717, 1.165) is 29.9 Å². The van der Waals surface area contributed by atoms with Gasteiger partial charge >= 0.3 is 0 Å². The minimum Gasteiger partial charge on any atom is -0.494 e. The van der Waals surface area contributed by atoms with Crippen LogP contribution in [0.5, 0.6) is 5.75 Å². The summed E-state index contributed by atoms with van der Waals surface area (Å²) in [6.45, 7) is 10.4. The SMILES string of the molecule is C=C(/C=C\c1nccnc1CP(C)(C)=O)Nc1nc(Nc2cc(-c3cnn(C)c3)c(N3CCOCC3)cc2OC)ncc1Cl. The fourth-order valence-electron chi connectivity index (χ4n) is 4.70. The number of hydrogen-bond donors (Lipinski definition) is 2. The minimum absolute atomic E-state index is 0.307. The predicted octanol–water partition coefficient (Wildman–Crippen LogP) is 5.67. The molecule has 0 atom stereocenters. The molecule has 2 N–H and O–H groups in total. The maximum atomic E-state index is 12.4. The first-order chi connectivity index (χ1) is 21.1. The van der Waals surface area contributed by atoms with Gasteiger partial charge in [0.25, 0.3) is 0 Å². The molecule has 4 aromatic rings. The number of nitrogens with zero attached hydrogens (tertiary/aromatic N) is 7. The molecule has 4 heterocycles. The van der Waals surface area contributed by atoms with Crippen LogP contribution in [0.1, 0.15) is 11.4 Å². The van der Waals surface area contributed by atoms with Crippen LogP contribution in [-0.4, -0.2) is 76.5 Å². The number of rotatable bonds is 11. The summed E-state index contributed by atoms with van der Waals surface area (Å²) in [7, 11) is 1.19. The molecular weight excluding hydrogens is 601 g/mol. The summed E-state index contributed by atoms with van der Waals surface area (Å²) in [6.07, 6.45) is 12.4. The number of methoxy groups -OCH3 is 1. The highest BCUT2D eigenvalue weighted by molar-refractivity contribution is 7.61. The Bertz CT molecular complexity index is 1730. The maximum absolute atomic E-state index is 12.4. The molecule has 0 saturated carbocycles. The third-order valence-electron chi connectivity index (χ3n) is 6.73. The molecule has 5 rings (SSSR count). The number of halogens is 1. The second-order valence-corrected chi connectivity index (χ2v) is 14.6. The first kappa shape index (κ1) is 31.2. The summed E-state index contributed by atoms with van der Waals surface area (Å²) in [4.78, 5) is 20.0. The Kier molecular flexibility index (Phi) is 9.63. The van der Waals surface area contributed by atoms with Crippen LogP contribution in [0.3, 0.4) is 0 Å². The van der Waals surface area contributed by atoms with Gasteiger partial charge in [-0.15, -0.1) is 0 Å². The van der Waals surface area contributed by atoms with Gasteiger partial charge in [-0.3, -0.25) is 14.6 Å². The van der Waals surface area contributed by atoms with E-state index in [4.69, 9.17) is 21.1 Å². The molecule has 0 unspecified atom stereocenters. The van der Waals surface area contributed by atoms with Crippen LogP contribution in [0, 0.1) is 0 Å². The van der Waals surface area contributed by atoms with Crippen LogP contribution in [0.2, 0.25) is 5.02 Å². The topological polar surface area (TPSA) is 132 Å². The highest BCUT2D eigenvalue weighted by atomic mass is 35.5. The van der Waals surface area contributed by atoms with Gasteiger partial charge < -0.3 is 29.6 Å². The Morgan fingerprint density at radius 2 is 1.95 bits per heavy atom. The molecular formula is C30H35ClN9O3P. The van der Waals surface area contributed by atoms with Crippen molar-refractivity contribution in [2.45, 2.75) is 6.16 Å². The van der Waals surface area contributed by atoms with E-state index in [1.165, 1.54) is 6.20 Å². The van der Waals surface area contributed by atoms with Crippen molar-refractivity contribution in [3.8, 4) is 16.9 Å². The van der Waals surface area contributed by atoms with Crippen molar-refractivity contribution >= 4 is 48.0 Å². The number of anilines is 4. The number of aryl methyl sites for hydroxylation is 1. The lowest BCUT2D eigenvalue weighted by atomic mass is 10.0. The van der Waals surface area contributed by atoms with E-state index in [2.05, 4.69) is 47.1 Å². The van der Waals surface area contributed by atoms with Crippen LogP contribution in [0.15, 0.2) is 61.5 Å². The van der Waals surface area contributed by atoms with Gasteiger partial charge in [-0.05, 0) is 31.5 Å². The Balaban J connectivity index is 1.39. The van der Waals surface area contributed by atoms with Crippen molar-refractivity contribution in [3.63, 3.8) is 0 Å². The molecule has 1 fully saturated rings. The summed E-state index contributed by atoms with van der Waals surface area (Å²) in [5.41, 5.74) is 5.45. The van der Waals surface area contributed by atoms with Crippen LogP contribution in [0.4, 0.5) is 23.1 Å². The van der Waals surface area contributed by atoms with Crippen molar-refractivity contribution in [1.82, 2.24) is 29.7 Å². The molecule has 230 valence electrons. The Hall–Kier alpha value is -4.25. The van der Waals surface area contributed by atoms with E-state index < -0.39 is 7.14 Å². The number of hydrogen-bond acceptors (Lipinski definition) is 11. The van der Waals surface area contributed by atoms with Gasteiger partial charge in [0.1, 0.15) is 10.8 Å². The van der Waals surface area contributed by atoms with Gasteiger partial charge in [0.2, 0.25) is 5.95 Å². The Morgan fingerprint density at radius 1 is 1.18 bits per heavy atom. The van der Waals surface area contributed by atoms with E-state index in [1.54, 1.807) is 49.7 Å². The summed E-state index contributed by atoms with van der Waals surface area (Å²) in [5.74, 6) is 1.30. The van der Waals surface area contributed by atoms with Crippen LogP contribution < -0.4 is 20.3 Å². The molecule has 0 spiro atoms. The van der Waals surface area contributed by atoms with E-state index in [1.807, 2.05) is 31.6 Å². The molecule has 0 bridgehead atoms. The smallest absolute Gasteiger partial charge is 0.229 e. The van der Waals surface area contributed by atoms with Crippen LogP contribution in [-0.2, 0) is 22.5 Å². The number of morpholine rings is 1. The standard InChI is InChI=1S/C30H35ClN9O3P/c1-20(6-7-24-26(19-44(4,5)41)33-9-8-32-24)36-29-23(31)17-34-30(38-29)37-25-14-22(21-16-35-39(2)18-21)27(15-28(25)42-3)40-10-12-43-13-11-40/h6-9,14-18H,1,10-13,19H2,2-5H3,(H2,34,36,37,38)/b7-6-. The zero-order valence-electron chi connectivity index (χ0n) is 25.1. The lowest BCUT2D eigenvalue weighted by Crippen LogP contribution is -2.36. The van der Waals surface area contributed by atoms with Crippen molar-refractivity contribution < 1.29 is 14.0 Å². The number of benzene rings is 1. The highest BCUT2D eigenvalue weighted by Gasteiger charge is 2.21. The number of aromatic nitrogens is 6. The quantitative estimate of drug-likeness (QED) is 0.156. The third-order valence-corrected chi connectivity index (χ3v) is 8.07. The van der Waals surface area contributed by atoms with Gasteiger partial charge in [-0.1, -0.05) is 18.2 Å². The van der Waals surface area contributed by atoms with Gasteiger partial charge in [-0.25, -0.2) is 4.98 Å². The fourth-order valence-corrected chi connectivity index (χ4v) is 5.80. The van der Waals surface area contributed by atoms with Gasteiger partial charge in [0, 0.05) is 73.5 Å². The average molecular weight is 636 g/mol. The third kappa shape index (κ3) is 7.82. The molecule has 1 aliphatic heterocycles. The van der Waals surface area contributed by atoms with E-state index in [-0.39, 0.29) is 0 Å². The van der Waals surface area contributed by atoms with Crippen LogP contribution in [0.25, 0.3) is 17.2 Å². The van der Waals surface area contributed by atoms with Gasteiger partial charge in [-0.2, -0.15) is 10.1 Å². The van der Waals surface area contributed by atoms with Crippen LogP contribution >= 0.6 is 18.7 Å². The summed E-state index contributed by atoms with van der Waals surface area (Å²) < 4.78 is 25.5. The molecule has 3 aromatic heterocycles. The number of allylic oxidation sites excluding steroid dienone is 1. The molecule has 14 heteroatoms. The van der Waals surface area contributed by atoms with E-state index in [9.17, 15) is 4.57 Å². The molecule has 0 aliphatic carbocycles. The lowest BCUT2D eigenvalue weighted by Gasteiger charge is -2.31. The predicted molar refractivity (Wildman–Crippen MR) is 176 cm³/mol. The summed E-state index contributed by atoms with van der Waals surface area (Å²) in [6, 6.07) is 4.02. The first-order valence-corrected chi connectivity index (χ1v) is 17.1. The highest BCUT2D eigenvalue weighted by Crippen LogP contribution is 2.41.